The van der Waals surface area contributed by atoms with Crippen molar-refractivity contribution in [1.82, 2.24) is 0 Å². The Kier molecular flexibility index (Phi) is 5.62. The van der Waals surface area contributed by atoms with Gasteiger partial charge in [-0.15, -0.1) is 0 Å². The van der Waals surface area contributed by atoms with Crippen molar-refractivity contribution >= 4 is 15.6 Å². The average Bonchev–Trinajstić information content (AvgIpc) is 2.39. The number of rotatable bonds is 4. The van der Waals surface area contributed by atoms with E-state index in [-0.39, 0.29) is 33.2 Å². The molecule has 0 amide bonds. The zero-order valence-corrected chi connectivity index (χ0v) is 13.6. The van der Waals surface area contributed by atoms with Gasteiger partial charge in [-0.3, -0.25) is 4.79 Å². The van der Waals surface area contributed by atoms with E-state index in [1.807, 2.05) is 0 Å². The quantitative estimate of drug-likeness (QED) is 0.492. The molecule has 0 saturated heterocycles. The van der Waals surface area contributed by atoms with Crippen LogP contribution in [0.1, 0.15) is 10.4 Å². The molecule has 0 radical (unpaired) electrons. The van der Waals surface area contributed by atoms with Gasteiger partial charge in [0.2, 0.25) is 0 Å². The van der Waals surface area contributed by atoms with E-state index in [0.717, 1.165) is 0 Å². The second-order valence-corrected chi connectivity index (χ2v) is 6.42. The van der Waals surface area contributed by atoms with E-state index >= 15 is 0 Å². The van der Waals surface area contributed by atoms with Gasteiger partial charge in [0, 0.05) is 11.6 Å². The Morgan fingerprint density at radius 3 is 2.38 bits per heavy atom. The molecular weight excluding hydrogens is 358 g/mol. The van der Waals surface area contributed by atoms with E-state index < -0.39 is 21.4 Å². The van der Waals surface area contributed by atoms with Gasteiger partial charge in [-0.05, 0) is 30.3 Å². The van der Waals surface area contributed by atoms with Crippen molar-refractivity contribution in [2.24, 2.45) is 7.05 Å². The summed E-state index contributed by atoms with van der Waals surface area (Å²) in [7, 11) is -1.96. The van der Waals surface area contributed by atoms with Crippen molar-refractivity contribution in [3.63, 3.8) is 0 Å². The third-order valence-electron chi connectivity index (χ3n) is 2.78. The van der Waals surface area contributed by atoms with Crippen LogP contribution in [0.3, 0.4) is 0 Å². The van der Waals surface area contributed by atoms with Crippen LogP contribution in [0.2, 0.25) is 0 Å². The first-order valence-electron chi connectivity index (χ1n) is 5.89. The fourth-order valence-electron chi connectivity index (χ4n) is 1.73. The Labute approximate surface area is 133 Å². The van der Waals surface area contributed by atoms with E-state index in [4.69, 9.17) is 5.11 Å². The summed E-state index contributed by atoms with van der Waals surface area (Å²) in [5.41, 5.74) is 0.256. The van der Waals surface area contributed by atoms with Gasteiger partial charge < -0.3 is 22.1 Å². The molecule has 2 aromatic rings. The van der Waals surface area contributed by atoms with Crippen LogP contribution < -0.4 is 21.5 Å². The summed E-state index contributed by atoms with van der Waals surface area (Å²) in [4.78, 5) is 12.1. The lowest BCUT2D eigenvalue weighted by Gasteiger charge is -2.03. The van der Waals surface area contributed by atoms with Crippen molar-refractivity contribution < 1.29 is 39.9 Å². The number of benzene rings is 1. The number of Topliss-reactive ketones (excluding diaryl/α,β-unsaturated/α-hetero) is 1. The Hall–Kier alpha value is -1.73. The average molecular weight is 372 g/mol. The Morgan fingerprint density at radius 2 is 1.81 bits per heavy atom. The van der Waals surface area contributed by atoms with Gasteiger partial charge in [0.05, 0.1) is 0 Å². The first kappa shape index (κ1) is 17.3. The molecule has 0 aliphatic heterocycles. The Balaban J connectivity index is 0.00000220. The summed E-state index contributed by atoms with van der Waals surface area (Å²) in [5.74, 6) is -1.07. The highest BCUT2D eigenvalue weighted by molar-refractivity contribution is 7.92. The molecule has 0 aliphatic carbocycles. The first-order valence-corrected chi connectivity index (χ1v) is 7.54. The van der Waals surface area contributed by atoms with Gasteiger partial charge >= 0.3 is 0 Å². The number of phenols is 1. The molecule has 0 aliphatic rings. The lowest BCUT2D eigenvalue weighted by atomic mass is 10.1. The van der Waals surface area contributed by atoms with E-state index in [0.29, 0.717) is 0 Å². The van der Waals surface area contributed by atoms with Crippen LogP contribution in [0.15, 0.2) is 53.7 Å². The maximum Gasteiger partial charge on any atom is 0.191 e. The standard InChI is InChI=1S/C14H13NO4S.BrH/c1-15-8-2-3-13(9-15)20(18,19)10-14(17)11-4-6-12(16)7-5-11;/h2-9H,10H2,1H3;1H. The predicted molar refractivity (Wildman–Crippen MR) is 72.1 cm³/mol. The molecule has 5 nitrogen and oxygen atoms in total. The summed E-state index contributed by atoms with van der Waals surface area (Å²) in [6, 6.07) is 8.57. The fraction of sp³-hybridized carbons (Fsp3) is 0.143. The summed E-state index contributed by atoms with van der Waals surface area (Å²) < 4.78 is 25.9. The van der Waals surface area contributed by atoms with E-state index in [1.165, 1.54) is 36.5 Å². The molecule has 21 heavy (non-hydrogen) atoms. The zero-order valence-electron chi connectivity index (χ0n) is 11.2. The highest BCUT2D eigenvalue weighted by Crippen LogP contribution is 2.14. The number of pyridine rings is 1. The molecule has 0 bridgehead atoms. The number of sulfone groups is 1. The topological polar surface area (TPSA) is 75.3 Å². The van der Waals surface area contributed by atoms with Crippen LogP contribution in [-0.4, -0.2) is 25.1 Å². The van der Waals surface area contributed by atoms with E-state index in [2.05, 4.69) is 0 Å². The molecule has 2 rings (SSSR count). The largest absolute Gasteiger partial charge is 1.00 e. The Bertz CT molecular complexity index is 742. The minimum Gasteiger partial charge on any atom is -1.00 e. The van der Waals surface area contributed by atoms with Crippen LogP contribution in [0.4, 0.5) is 0 Å². The molecule has 1 N–H and O–H groups in total. The molecule has 112 valence electrons. The van der Waals surface area contributed by atoms with Crippen molar-refractivity contribution in [3.05, 3.63) is 54.4 Å². The second-order valence-electron chi connectivity index (χ2n) is 4.43. The lowest BCUT2D eigenvalue weighted by Crippen LogP contribution is -3.00. The molecule has 1 aromatic heterocycles. The number of carbonyl (C=O) groups excluding carboxylic acids is 1. The Morgan fingerprint density at radius 1 is 1.19 bits per heavy atom. The monoisotopic (exact) mass is 371 g/mol. The van der Waals surface area contributed by atoms with Gasteiger partial charge in [0.1, 0.15) is 23.4 Å². The van der Waals surface area contributed by atoms with E-state index in [9.17, 15) is 13.2 Å². The number of carbonyl (C=O) groups is 1. The number of ketones is 1. The highest BCUT2D eigenvalue weighted by Gasteiger charge is 2.22. The molecule has 0 fully saturated rings. The van der Waals surface area contributed by atoms with Gasteiger partial charge in [-0.25, -0.2) is 13.0 Å². The van der Waals surface area contributed by atoms with Crippen LogP contribution in [-0.2, 0) is 16.9 Å². The van der Waals surface area contributed by atoms with Gasteiger partial charge in [0.25, 0.3) is 0 Å². The highest BCUT2D eigenvalue weighted by atomic mass is 79.9. The van der Waals surface area contributed by atoms with Crippen LogP contribution in [0.5, 0.6) is 5.75 Å². The molecule has 1 aromatic carbocycles. The summed E-state index contributed by atoms with van der Waals surface area (Å²) in [6.07, 6.45) is 3.17. The van der Waals surface area contributed by atoms with Crippen LogP contribution in [0.25, 0.3) is 0 Å². The lowest BCUT2D eigenvalue weighted by molar-refractivity contribution is -0.673. The molecule has 7 heteroatoms. The minimum atomic E-state index is -3.67. The second kappa shape index (κ2) is 6.82. The summed E-state index contributed by atoms with van der Waals surface area (Å²) >= 11 is 0. The normalized spacial score (nSPS) is 10.7. The smallest absolute Gasteiger partial charge is 0.191 e. The maximum atomic E-state index is 12.2. The van der Waals surface area contributed by atoms with Crippen LogP contribution >= 0.6 is 0 Å². The molecule has 1 heterocycles. The van der Waals surface area contributed by atoms with Crippen molar-refractivity contribution in [2.75, 3.05) is 5.75 Å². The molecular formula is C14H14BrNO4S. The number of hydrogen-bond donors (Lipinski definition) is 1. The van der Waals surface area contributed by atoms with Gasteiger partial charge in [-0.2, -0.15) is 0 Å². The van der Waals surface area contributed by atoms with Crippen molar-refractivity contribution in [1.29, 1.82) is 0 Å². The minimum absolute atomic E-state index is 0. The third kappa shape index (κ3) is 4.37. The van der Waals surface area contributed by atoms with Gasteiger partial charge in [0.15, 0.2) is 28.0 Å². The summed E-state index contributed by atoms with van der Waals surface area (Å²) in [5, 5.41) is 9.15. The number of hydrogen-bond acceptors (Lipinski definition) is 4. The predicted octanol–water partition coefficient (Wildman–Crippen LogP) is -2.12. The molecule has 0 unspecified atom stereocenters. The number of halogens is 1. The van der Waals surface area contributed by atoms with E-state index in [1.54, 1.807) is 23.9 Å². The number of nitrogens with zero attached hydrogens (tertiary/aromatic N) is 1. The number of aryl methyl sites for hydroxylation is 1. The number of aromatic nitrogens is 1. The summed E-state index contributed by atoms with van der Waals surface area (Å²) in [6.45, 7) is 0. The number of aromatic hydroxyl groups is 1. The van der Waals surface area contributed by atoms with Gasteiger partial charge in [-0.1, -0.05) is 0 Å². The maximum absolute atomic E-state index is 12.2. The molecule has 0 atom stereocenters. The zero-order chi connectivity index (χ0) is 14.8. The molecule has 0 saturated carbocycles. The fourth-order valence-corrected chi connectivity index (χ4v) is 3.02. The first-order chi connectivity index (χ1) is 9.38. The third-order valence-corrected chi connectivity index (χ3v) is 4.38. The van der Waals surface area contributed by atoms with Crippen molar-refractivity contribution in [3.8, 4) is 5.75 Å². The SMILES string of the molecule is C[n+]1cccc(S(=O)(=O)CC(=O)c2ccc(O)cc2)c1.[Br-]. The number of phenolic OH excluding ortho intramolecular Hbond substituents is 1. The molecule has 0 spiro atoms. The van der Waals surface area contributed by atoms with Crippen LogP contribution in [0, 0.1) is 0 Å². The van der Waals surface area contributed by atoms with Crippen molar-refractivity contribution in [2.45, 2.75) is 4.90 Å².